The topological polar surface area (TPSA) is 25.4 Å². The second-order valence-electron chi connectivity index (χ2n) is 7.92. The zero-order chi connectivity index (χ0) is 22.5. The molecule has 0 fully saturated rings. The van der Waals surface area contributed by atoms with Crippen molar-refractivity contribution in [2.45, 2.75) is 26.9 Å². The SMILES string of the molecule is C=C/C(=C\C=C/C)Oc1ccc(CN2Cc3cc(-c4cccnc4)cc(C)c3C2=C)cc1. The van der Waals surface area contributed by atoms with Gasteiger partial charge in [-0.25, -0.2) is 0 Å². The van der Waals surface area contributed by atoms with E-state index in [2.05, 4.69) is 60.3 Å². The summed E-state index contributed by atoms with van der Waals surface area (Å²) in [5.74, 6) is 1.52. The zero-order valence-corrected chi connectivity index (χ0v) is 18.7. The normalized spacial score (nSPS) is 13.5. The molecule has 0 saturated heterocycles. The minimum atomic E-state index is 0.721. The molecule has 1 aromatic heterocycles. The van der Waals surface area contributed by atoms with E-state index in [1.807, 2.05) is 49.5 Å². The van der Waals surface area contributed by atoms with Crippen LogP contribution < -0.4 is 4.74 Å². The second-order valence-corrected chi connectivity index (χ2v) is 7.92. The van der Waals surface area contributed by atoms with Crippen LogP contribution in [0.25, 0.3) is 16.8 Å². The van der Waals surface area contributed by atoms with Crippen molar-refractivity contribution in [2.75, 3.05) is 0 Å². The highest BCUT2D eigenvalue weighted by molar-refractivity contribution is 5.76. The van der Waals surface area contributed by atoms with Gasteiger partial charge in [0.25, 0.3) is 0 Å². The number of fused-ring (bicyclic) bond motifs is 1. The molecule has 4 rings (SSSR count). The van der Waals surface area contributed by atoms with Gasteiger partial charge in [-0.15, -0.1) is 0 Å². The third-order valence-electron chi connectivity index (χ3n) is 5.63. The first-order chi connectivity index (χ1) is 15.6. The molecule has 0 amide bonds. The van der Waals surface area contributed by atoms with E-state index in [1.54, 1.807) is 12.3 Å². The van der Waals surface area contributed by atoms with Gasteiger partial charge >= 0.3 is 0 Å². The molecule has 0 saturated carbocycles. The number of rotatable bonds is 7. The maximum absolute atomic E-state index is 5.89. The number of aromatic nitrogens is 1. The van der Waals surface area contributed by atoms with Crippen molar-refractivity contribution in [1.29, 1.82) is 0 Å². The molecule has 1 aliphatic heterocycles. The highest BCUT2D eigenvalue weighted by Gasteiger charge is 2.25. The van der Waals surface area contributed by atoms with Gasteiger partial charge in [0.15, 0.2) is 0 Å². The van der Waals surface area contributed by atoms with E-state index in [1.165, 1.54) is 27.8 Å². The lowest BCUT2D eigenvalue weighted by Crippen LogP contribution is -2.14. The van der Waals surface area contributed by atoms with Gasteiger partial charge in [0.05, 0.1) is 0 Å². The first kappa shape index (κ1) is 21.4. The van der Waals surface area contributed by atoms with Crippen LogP contribution in [0.3, 0.4) is 0 Å². The summed E-state index contributed by atoms with van der Waals surface area (Å²) in [6, 6.07) is 16.8. The summed E-state index contributed by atoms with van der Waals surface area (Å²) in [6.07, 6.45) is 11.2. The van der Waals surface area contributed by atoms with Crippen molar-refractivity contribution in [1.82, 2.24) is 9.88 Å². The molecule has 0 atom stereocenters. The van der Waals surface area contributed by atoms with Crippen molar-refractivity contribution in [3.05, 3.63) is 126 Å². The van der Waals surface area contributed by atoms with Gasteiger partial charge < -0.3 is 9.64 Å². The van der Waals surface area contributed by atoms with Crippen LogP contribution in [0.5, 0.6) is 5.75 Å². The zero-order valence-electron chi connectivity index (χ0n) is 18.7. The minimum Gasteiger partial charge on any atom is -0.457 e. The maximum Gasteiger partial charge on any atom is 0.127 e. The van der Waals surface area contributed by atoms with Crippen molar-refractivity contribution in [2.24, 2.45) is 0 Å². The van der Waals surface area contributed by atoms with Gasteiger partial charge in [-0.05, 0) is 72.5 Å². The average Bonchev–Trinajstić information content (AvgIpc) is 3.13. The summed E-state index contributed by atoms with van der Waals surface area (Å²) in [5, 5.41) is 0. The fraction of sp³-hybridized carbons (Fsp3) is 0.138. The fourth-order valence-electron chi connectivity index (χ4n) is 4.06. The molecule has 160 valence electrons. The molecule has 0 spiro atoms. The summed E-state index contributed by atoms with van der Waals surface area (Å²) in [7, 11) is 0. The van der Waals surface area contributed by atoms with Gasteiger partial charge in [-0.1, -0.05) is 49.6 Å². The number of pyridine rings is 1. The van der Waals surface area contributed by atoms with Crippen LogP contribution in [-0.2, 0) is 13.1 Å². The Labute approximate surface area is 190 Å². The number of benzene rings is 2. The molecule has 0 radical (unpaired) electrons. The summed E-state index contributed by atoms with van der Waals surface area (Å²) in [5.41, 5.74) is 8.48. The van der Waals surface area contributed by atoms with E-state index in [-0.39, 0.29) is 0 Å². The maximum atomic E-state index is 5.89. The Morgan fingerprint density at radius 1 is 1.16 bits per heavy atom. The van der Waals surface area contributed by atoms with Crippen molar-refractivity contribution in [3.8, 4) is 16.9 Å². The standard InChI is InChI=1S/C29H28N2O/c1-5-7-10-27(6-2)32-28-13-11-23(12-14-28)19-31-20-26-17-25(24-9-8-15-30-18-24)16-21(3)29(26)22(31)4/h5-18H,2,4,19-20H2,1,3H3/b7-5-,27-10+. The van der Waals surface area contributed by atoms with Gasteiger partial charge in [0.2, 0.25) is 0 Å². The van der Waals surface area contributed by atoms with Gasteiger partial charge in [-0.3, -0.25) is 4.98 Å². The lowest BCUT2D eigenvalue weighted by Gasteiger charge is -2.20. The number of hydrogen-bond acceptors (Lipinski definition) is 3. The van der Waals surface area contributed by atoms with Crippen LogP contribution in [0.15, 0.2) is 104 Å². The monoisotopic (exact) mass is 420 g/mol. The molecule has 0 bridgehead atoms. The first-order valence-corrected chi connectivity index (χ1v) is 10.8. The summed E-state index contributed by atoms with van der Waals surface area (Å²) in [4.78, 5) is 6.60. The number of allylic oxidation sites excluding steroid dienone is 4. The van der Waals surface area contributed by atoms with E-state index >= 15 is 0 Å². The number of ether oxygens (including phenoxy) is 1. The number of nitrogens with zero attached hydrogens (tertiary/aromatic N) is 2. The summed E-state index contributed by atoms with van der Waals surface area (Å²) < 4.78 is 5.89. The molecular weight excluding hydrogens is 392 g/mol. The predicted molar refractivity (Wildman–Crippen MR) is 133 cm³/mol. The quantitative estimate of drug-likeness (QED) is 0.302. The number of aryl methyl sites for hydroxylation is 1. The Balaban J connectivity index is 1.49. The Hall–Kier alpha value is -3.85. The Morgan fingerprint density at radius 3 is 2.66 bits per heavy atom. The van der Waals surface area contributed by atoms with Crippen LogP contribution in [0.4, 0.5) is 0 Å². The van der Waals surface area contributed by atoms with Gasteiger partial charge in [0, 0.05) is 42.3 Å². The van der Waals surface area contributed by atoms with Gasteiger partial charge in [-0.2, -0.15) is 0 Å². The van der Waals surface area contributed by atoms with Crippen LogP contribution >= 0.6 is 0 Å². The minimum absolute atomic E-state index is 0.721. The van der Waals surface area contributed by atoms with E-state index < -0.39 is 0 Å². The molecule has 2 heterocycles. The molecule has 2 aromatic carbocycles. The van der Waals surface area contributed by atoms with Crippen molar-refractivity contribution in [3.63, 3.8) is 0 Å². The van der Waals surface area contributed by atoms with E-state index in [4.69, 9.17) is 4.74 Å². The first-order valence-electron chi connectivity index (χ1n) is 10.8. The third-order valence-corrected chi connectivity index (χ3v) is 5.63. The van der Waals surface area contributed by atoms with Crippen molar-refractivity contribution < 1.29 is 4.74 Å². The second kappa shape index (κ2) is 9.52. The van der Waals surface area contributed by atoms with Crippen LogP contribution in [0.1, 0.15) is 29.2 Å². The molecule has 3 heteroatoms. The van der Waals surface area contributed by atoms with E-state index in [0.717, 1.165) is 35.9 Å². The van der Waals surface area contributed by atoms with E-state index in [9.17, 15) is 0 Å². The van der Waals surface area contributed by atoms with E-state index in [0.29, 0.717) is 0 Å². The van der Waals surface area contributed by atoms with Crippen molar-refractivity contribution >= 4 is 5.70 Å². The number of hydrogen-bond donors (Lipinski definition) is 0. The molecule has 0 unspecified atom stereocenters. The molecule has 0 N–H and O–H groups in total. The molecule has 32 heavy (non-hydrogen) atoms. The smallest absolute Gasteiger partial charge is 0.127 e. The Bertz CT molecular complexity index is 1190. The van der Waals surface area contributed by atoms with Crippen LogP contribution in [0, 0.1) is 6.92 Å². The van der Waals surface area contributed by atoms with Gasteiger partial charge in [0.1, 0.15) is 11.5 Å². The molecule has 0 aliphatic carbocycles. The highest BCUT2D eigenvalue weighted by atomic mass is 16.5. The average molecular weight is 421 g/mol. The van der Waals surface area contributed by atoms with Crippen LogP contribution in [0.2, 0.25) is 0 Å². The Kier molecular flexibility index (Phi) is 6.37. The lowest BCUT2D eigenvalue weighted by atomic mass is 9.96. The van der Waals surface area contributed by atoms with Crippen LogP contribution in [-0.4, -0.2) is 9.88 Å². The summed E-state index contributed by atoms with van der Waals surface area (Å²) in [6.45, 7) is 14.0. The third kappa shape index (κ3) is 4.57. The Morgan fingerprint density at radius 2 is 1.97 bits per heavy atom. The molecular formula is C29H28N2O. The lowest BCUT2D eigenvalue weighted by molar-refractivity contribution is 0.403. The predicted octanol–water partition coefficient (Wildman–Crippen LogP) is 7.07. The molecule has 3 nitrogen and oxygen atoms in total. The molecule has 1 aliphatic rings. The largest absolute Gasteiger partial charge is 0.457 e. The summed E-state index contributed by atoms with van der Waals surface area (Å²) >= 11 is 0. The molecule has 3 aromatic rings. The fourth-order valence-corrected chi connectivity index (χ4v) is 4.06. The highest BCUT2D eigenvalue weighted by Crippen LogP contribution is 2.38.